The van der Waals surface area contributed by atoms with E-state index in [1.54, 1.807) is 58.9 Å². The molecule has 2 aromatic rings. The van der Waals surface area contributed by atoms with Crippen LogP contribution in [0.1, 0.15) is 45.1 Å². The Labute approximate surface area is 151 Å². The molecule has 1 fully saturated rings. The number of carbonyl (C=O) groups excluding carboxylic acids is 2. The minimum atomic E-state index is -1.08. The highest BCUT2D eigenvalue weighted by atomic mass is 35.5. The standard InChI is InChI=1S/C19H20ClNO4/c1-10-14(21-17(24-10)11-6-8-12(20)9-7-11)13-15(22)18(2,3)25-19(4,5)16(13)23/h6-9,13H,1-5H3. The Bertz CT molecular complexity index is 823. The summed E-state index contributed by atoms with van der Waals surface area (Å²) in [7, 11) is 0. The molecule has 0 N–H and O–H groups in total. The van der Waals surface area contributed by atoms with Gasteiger partial charge in [0.1, 0.15) is 28.6 Å². The van der Waals surface area contributed by atoms with Crippen LogP contribution in [0.5, 0.6) is 0 Å². The van der Waals surface area contributed by atoms with Gasteiger partial charge >= 0.3 is 0 Å². The number of rotatable bonds is 2. The molecule has 0 amide bonds. The third-order valence-electron chi connectivity index (χ3n) is 4.42. The minimum absolute atomic E-state index is 0.309. The SMILES string of the molecule is Cc1oc(-c2ccc(Cl)cc2)nc1C1C(=O)C(C)(C)OC(C)(C)C1=O. The van der Waals surface area contributed by atoms with Gasteiger partial charge in [0.15, 0.2) is 11.6 Å². The molecular weight excluding hydrogens is 342 g/mol. The molecular formula is C19H20ClNO4. The van der Waals surface area contributed by atoms with Gasteiger partial charge in [0.2, 0.25) is 5.89 Å². The fourth-order valence-electron chi connectivity index (χ4n) is 3.19. The predicted octanol–water partition coefficient (Wildman–Crippen LogP) is 4.11. The van der Waals surface area contributed by atoms with Gasteiger partial charge < -0.3 is 9.15 Å². The molecule has 1 aromatic carbocycles. The third kappa shape index (κ3) is 3.02. The van der Waals surface area contributed by atoms with Gasteiger partial charge in [-0.2, -0.15) is 0 Å². The van der Waals surface area contributed by atoms with Crippen LogP contribution >= 0.6 is 11.6 Å². The van der Waals surface area contributed by atoms with Crippen molar-refractivity contribution in [2.45, 2.75) is 51.7 Å². The van der Waals surface area contributed by atoms with Crippen LogP contribution in [0.4, 0.5) is 0 Å². The number of Topliss-reactive ketones (excluding diaryl/α,β-unsaturated/α-hetero) is 2. The Morgan fingerprint density at radius 1 is 1.00 bits per heavy atom. The number of aromatic nitrogens is 1. The fourth-order valence-corrected chi connectivity index (χ4v) is 3.32. The molecule has 0 atom stereocenters. The zero-order valence-electron chi connectivity index (χ0n) is 14.8. The first-order valence-corrected chi connectivity index (χ1v) is 8.43. The molecule has 1 aromatic heterocycles. The number of hydrogen-bond acceptors (Lipinski definition) is 5. The van der Waals surface area contributed by atoms with Crippen molar-refractivity contribution < 1.29 is 18.7 Å². The normalized spacial score (nSPS) is 20.1. The molecule has 25 heavy (non-hydrogen) atoms. The predicted molar refractivity (Wildman–Crippen MR) is 93.7 cm³/mol. The zero-order chi connectivity index (χ0) is 18.6. The molecule has 6 heteroatoms. The Kier molecular flexibility index (Phi) is 4.12. The highest BCUT2D eigenvalue weighted by Crippen LogP contribution is 2.40. The van der Waals surface area contributed by atoms with Gasteiger partial charge in [0, 0.05) is 10.6 Å². The number of hydrogen-bond donors (Lipinski definition) is 0. The van der Waals surface area contributed by atoms with E-state index in [4.69, 9.17) is 20.8 Å². The highest BCUT2D eigenvalue weighted by molar-refractivity contribution is 6.30. The Hall–Kier alpha value is -1.98. The van der Waals surface area contributed by atoms with E-state index in [0.29, 0.717) is 22.4 Å². The van der Waals surface area contributed by atoms with Crippen LogP contribution in [0.25, 0.3) is 11.5 Å². The number of carbonyl (C=O) groups is 2. The van der Waals surface area contributed by atoms with Crippen molar-refractivity contribution in [1.82, 2.24) is 4.98 Å². The number of nitrogens with zero attached hydrogens (tertiary/aromatic N) is 1. The second-order valence-electron chi connectivity index (χ2n) is 7.25. The van der Waals surface area contributed by atoms with Crippen molar-refractivity contribution >= 4 is 23.2 Å². The van der Waals surface area contributed by atoms with Crippen LogP contribution in [0.2, 0.25) is 5.02 Å². The molecule has 0 aliphatic carbocycles. The van der Waals surface area contributed by atoms with E-state index in [0.717, 1.165) is 5.56 Å². The summed E-state index contributed by atoms with van der Waals surface area (Å²) in [5, 5.41) is 0.602. The van der Waals surface area contributed by atoms with Gasteiger partial charge in [-0.05, 0) is 58.9 Å². The van der Waals surface area contributed by atoms with E-state index >= 15 is 0 Å². The molecule has 3 rings (SSSR count). The molecule has 0 saturated carbocycles. The van der Waals surface area contributed by atoms with Crippen molar-refractivity contribution in [3.05, 3.63) is 40.7 Å². The number of ether oxygens (including phenoxy) is 1. The van der Waals surface area contributed by atoms with Gasteiger partial charge in [-0.3, -0.25) is 9.59 Å². The van der Waals surface area contributed by atoms with Gasteiger partial charge in [-0.15, -0.1) is 0 Å². The molecule has 0 radical (unpaired) electrons. The molecule has 0 unspecified atom stereocenters. The van der Waals surface area contributed by atoms with Crippen LogP contribution in [-0.4, -0.2) is 27.8 Å². The summed E-state index contributed by atoms with van der Waals surface area (Å²) in [6.07, 6.45) is 0. The average molecular weight is 362 g/mol. The van der Waals surface area contributed by atoms with E-state index in [2.05, 4.69) is 4.98 Å². The summed E-state index contributed by atoms with van der Waals surface area (Å²) in [6, 6.07) is 7.01. The van der Waals surface area contributed by atoms with Crippen molar-refractivity contribution in [3.63, 3.8) is 0 Å². The van der Waals surface area contributed by atoms with Gasteiger partial charge in [-0.1, -0.05) is 11.6 Å². The van der Waals surface area contributed by atoms with E-state index < -0.39 is 17.1 Å². The third-order valence-corrected chi connectivity index (χ3v) is 4.67. The molecule has 0 spiro atoms. The summed E-state index contributed by atoms with van der Waals surface area (Å²) in [5.41, 5.74) is -1.07. The Morgan fingerprint density at radius 3 is 2.04 bits per heavy atom. The Morgan fingerprint density at radius 2 is 1.52 bits per heavy atom. The van der Waals surface area contributed by atoms with E-state index in [1.165, 1.54) is 0 Å². The first-order chi connectivity index (χ1) is 11.5. The van der Waals surface area contributed by atoms with Gasteiger partial charge in [0.05, 0.1) is 0 Å². The smallest absolute Gasteiger partial charge is 0.226 e. The number of aryl methyl sites for hydroxylation is 1. The quantitative estimate of drug-likeness (QED) is 0.753. The monoisotopic (exact) mass is 361 g/mol. The molecule has 1 aliphatic rings. The van der Waals surface area contributed by atoms with Crippen LogP contribution in [-0.2, 0) is 14.3 Å². The van der Waals surface area contributed by atoms with Gasteiger partial charge in [0.25, 0.3) is 0 Å². The fraction of sp³-hybridized carbons (Fsp3) is 0.421. The first-order valence-electron chi connectivity index (χ1n) is 8.05. The maximum absolute atomic E-state index is 12.8. The largest absolute Gasteiger partial charge is 0.441 e. The van der Waals surface area contributed by atoms with Crippen molar-refractivity contribution in [1.29, 1.82) is 0 Å². The minimum Gasteiger partial charge on any atom is -0.441 e. The maximum Gasteiger partial charge on any atom is 0.226 e. The van der Waals surface area contributed by atoms with Gasteiger partial charge in [-0.25, -0.2) is 4.98 Å². The van der Waals surface area contributed by atoms with Crippen LogP contribution in [0.3, 0.4) is 0 Å². The lowest BCUT2D eigenvalue weighted by Gasteiger charge is -2.42. The highest BCUT2D eigenvalue weighted by Gasteiger charge is 2.54. The number of benzene rings is 1. The van der Waals surface area contributed by atoms with E-state index in [9.17, 15) is 9.59 Å². The molecule has 2 heterocycles. The molecule has 5 nitrogen and oxygen atoms in total. The topological polar surface area (TPSA) is 69.4 Å². The number of ketones is 2. The van der Waals surface area contributed by atoms with E-state index in [1.807, 2.05) is 0 Å². The van der Waals surface area contributed by atoms with E-state index in [-0.39, 0.29) is 11.6 Å². The molecule has 132 valence electrons. The lowest BCUT2D eigenvalue weighted by molar-refractivity contribution is -0.184. The summed E-state index contributed by atoms with van der Waals surface area (Å²) in [4.78, 5) is 30.1. The summed E-state index contributed by atoms with van der Waals surface area (Å²) in [6.45, 7) is 8.40. The Balaban J connectivity index is 2.07. The summed E-state index contributed by atoms with van der Waals surface area (Å²) in [5.74, 6) is -0.813. The molecule has 1 aliphatic heterocycles. The second-order valence-corrected chi connectivity index (χ2v) is 7.69. The van der Waals surface area contributed by atoms with Crippen molar-refractivity contribution in [3.8, 4) is 11.5 Å². The molecule has 1 saturated heterocycles. The zero-order valence-corrected chi connectivity index (χ0v) is 15.6. The number of halogens is 1. The number of oxazole rings is 1. The van der Waals surface area contributed by atoms with Crippen molar-refractivity contribution in [2.24, 2.45) is 0 Å². The van der Waals surface area contributed by atoms with Crippen LogP contribution < -0.4 is 0 Å². The lowest BCUT2D eigenvalue weighted by atomic mass is 9.76. The van der Waals surface area contributed by atoms with Crippen molar-refractivity contribution in [2.75, 3.05) is 0 Å². The van der Waals surface area contributed by atoms with Crippen LogP contribution in [0.15, 0.2) is 28.7 Å². The first kappa shape index (κ1) is 17.8. The van der Waals surface area contributed by atoms with Crippen LogP contribution in [0, 0.1) is 6.92 Å². The second kappa shape index (κ2) is 5.78. The maximum atomic E-state index is 12.8. The summed E-state index contributed by atoms with van der Waals surface area (Å²) < 4.78 is 11.4. The lowest BCUT2D eigenvalue weighted by Crippen LogP contribution is -2.58. The average Bonchev–Trinajstić information content (AvgIpc) is 2.88. The summed E-state index contributed by atoms with van der Waals surface area (Å²) >= 11 is 5.90. The molecule has 0 bridgehead atoms.